The lowest BCUT2D eigenvalue weighted by molar-refractivity contribution is -0.887. The summed E-state index contributed by atoms with van der Waals surface area (Å²) in [5.41, 5.74) is 1.12. The number of carbonyl (C=O) groups is 3. The lowest BCUT2D eigenvalue weighted by Gasteiger charge is -2.27. The first-order chi connectivity index (χ1) is 14.1. The van der Waals surface area contributed by atoms with Gasteiger partial charge < -0.3 is 10.2 Å². The Morgan fingerprint density at radius 2 is 1.62 bits per heavy atom. The SMILES string of the molecule is O=C(CCCN1C(=O)c2cccc3cccc(c23)C1=O)NCCC[NH+]1CCCC1. The fourth-order valence-electron chi connectivity index (χ4n) is 4.46. The van der Waals surface area contributed by atoms with E-state index in [9.17, 15) is 14.4 Å². The number of rotatable bonds is 8. The molecular formula is C23H28N3O3+. The van der Waals surface area contributed by atoms with Gasteiger partial charge in [0.25, 0.3) is 11.8 Å². The lowest BCUT2D eigenvalue weighted by Crippen LogP contribution is -3.10. The maximum atomic E-state index is 12.8. The third kappa shape index (κ3) is 4.17. The Morgan fingerprint density at radius 3 is 2.28 bits per heavy atom. The summed E-state index contributed by atoms with van der Waals surface area (Å²) in [5, 5.41) is 4.59. The van der Waals surface area contributed by atoms with Crippen LogP contribution in [0.5, 0.6) is 0 Å². The molecule has 2 aliphatic rings. The second kappa shape index (κ2) is 8.74. The molecule has 29 heavy (non-hydrogen) atoms. The third-order valence-corrected chi connectivity index (χ3v) is 5.98. The number of hydrogen-bond donors (Lipinski definition) is 2. The first kappa shape index (κ1) is 19.6. The van der Waals surface area contributed by atoms with Gasteiger partial charge in [-0.1, -0.05) is 24.3 Å². The number of amides is 3. The molecule has 2 aromatic rings. The van der Waals surface area contributed by atoms with Gasteiger partial charge in [-0.3, -0.25) is 19.3 Å². The van der Waals surface area contributed by atoms with E-state index in [-0.39, 0.29) is 24.3 Å². The Labute approximate surface area is 170 Å². The Balaban J connectivity index is 1.27. The average molecular weight is 394 g/mol. The minimum atomic E-state index is -0.270. The minimum Gasteiger partial charge on any atom is -0.356 e. The van der Waals surface area contributed by atoms with Gasteiger partial charge >= 0.3 is 0 Å². The third-order valence-electron chi connectivity index (χ3n) is 5.98. The summed E-state index contributed by atoms with van der Waals surface area (Å²) in [7, 11) is 0. The van der Waals surface area contributed by atoms with E-state index >= 15 is 0 Å². The highest BCUT2D eigenvalue weighted by molar-refractivity contribution is 6.25. The van der Waals surface area contributed by atoms with E-state index in [4.69, 9.17) is 0 Å². The molecule has 0 atom stereocenters. The number of likely N-dealkylation sites (tertiary alicyclic amines) is 1. The zero-order valence-electron chi connectivity index (χ0n) is 16.7. The molecule has 0 unspecified atom stereocenters. The van der Waals surface area contributed by atoms with Gasteiger partial charge in [0.2, 0.25) is 5.91 Å². The first-order valence-corrected chi connectivity index (χ1v) is 10.6. The van der Waals surface area contributed by atoms with Crippen molar-refractivity contribution in [2.45, 2.75) is 32.1 Å². The summed E-state index contributed by atoms with van der Waals surface area (Å²) in [5.74, 6) is -0.553. The maximum absolute atomic E-state index is 12.8. The Kier molecular flexibility index (Phi) is 5.90. The number of quaternary nitrogens is 1. The number of nitrogens with zero attached hydrogens (tertiary/aromatic N) is 1. The zero-order chi connectivity index (χ0) is 20.2. The van der Waals surface area contributed by atoms with Gasteiger partial charge in [-0.25, -0.2) is 0 Å². The summed E-state index contributed by atoms with van der Waals surface area (Å²) >= 11 is 0. The fraction of sp³-hybridized carbons (Fsp3) is 0.435. The molecule has 2 heterocycles. The van der Waals surface area contributed by atoms with Crippen LogP contribution in [0, 0.1) is 0 Å². The molecule has 0 bridgehead atoms. The van der Waals surface area contributed by atoms with Crippen molar-refractivity contribution in [3.63, 3.8) is 0 Å². The van der Waals surface area contributed by atoms with E-state index < -0.39 is 0 Å². The van der Waals surface area contributed by atoms with E-state index in [0.29, 0.717) is 30.5 Å². The summed E-state index contributed by atoms with van der Waals surface area (Å²) in [6.45, 7) is 4.57. The van der Waals surface area contributed by atoms with Gasteiger partial charge in [-0.2, -0.15) is 0 Å². The highest BCUT2D eigenvalue weighted by Crippen LogP contribution is 2.29. The molecular weight excluding hydrogens is 366 g/mol. The molecule has 4 rings (SSSR count). The van der Waals surface area contributed by atoms with Crippen molar-refractivity contribution in [2.75, 3.05) is 32.7 Å². The highest BCUT2D eigenvalue weighted by Gasteiger charge is 2.32. The molecule has 0 aromatic heterocycles. The fourth-order valence-corrected chi connectivity index (χ4v) is 4.46. The van der Waals surface area contributed by atoms with E-state index in [2.05, 4.69) is 5.32 Å². The van der Waals surface area contributed by atoms with Crippen molar-refractivity contribution in [3.05, 3.63) is 47.5 Å². The summed E-state index contributed by atoms with van der Waals surface area (Å²) in [6, 6.07) is 11.0. The molecule has 1 fully saturated rings. The molecule has 2 aromatic carbocycles. The van der Waals surface area contributed by atoms with Gasteiger partial charge in [0.1, 0.15) is 0 Å². The van der Waals surface area contributed by atoms with E-state index in [0.717, 1.165) is 23.7 Å². The molecule has 6 nitrogen and oxygen atoms in total. The van der Waals surface area contributed by atoms with Gasteiger partial charge in [0.15, 0.2) is 0 Å². The van der Waals surface area contributed by atoms with Crippen LogP contribution >= 0.6 is 0 Å². The van der Waals surface area contributed by atoms with Crippen LogP contribution in [0.4, 0.5) is 0 Å². The van der Waals surface area contributed by atoms with Crippen LogP contribution in [0.15, 0.2) is 36.4 Å². The largest absolute Gasteiger partial charge is 0.356 e. The lowest BCUT2D eigenvalue weighted by atomic mass is 9.94. The second-order valence-electron chi connectivity index (χ2n) is 7.99. The van der Waals surface area contributed by atoms with Crippen LogP contribution in [0.2, 0.25) is 0 Å². The monoisotopic (exact) mass is 394 g/mol. The normalized spacial score (nSPS) is 16.6. The maximum Gasteiger partial charge on any atom is 0.261 e. The molecule has 0 aliphatic carbocycles. The van der Waals surface area contributed by atoms with Crippen LogP contribution in [0.1, 0.15) is 52.8 Å². The number of hydrogen-bond acceptors (Lipinski definition) is 3. The van der Waals surface area contributed by atoms with Crippen molar-refractivity contribution in [1.82, 2.24) is 10.2 Å². The van der Waals surface area contributed by atoms with Crippen molar-refractivity contribution in [1.29, 1.82) is 0 Å². The molecule has 2 aliphatic heterocycles. The minimum absolute atomic E-state index is 0.0131. The predicted molar refractivity (Wildman–Crippen MR) is 111 cm³/mol. The second-order valence-corrected chi connectivity index (χ2v) is 7.99. The van der Waals surface area contributed by atoms with Crippen molar-refractivity contribution >= 4 is 28.5 Å². The molecule has 152 valence electrons. The predicted octanol–water partition coefficient (Wildman–Crippen LogP) is 1.40. The molecule has 6 heteroatoms. The van der Waals surface area contributed by atoms with Crippen LogP contribution in [-0.2, 0) is 4.79 Å². The molecule has 0 spiro atoms. The number of nitrogens with one attached hydrogen (secondary N) is 2. The van der Waals surface area contributed by atoms with Gasteiger partial charge in [0.05, 0.1) is 19.6 Å². The van der Waals surface area contributed by atoms with Crippen molar-refractivity contribution in [2.24, 2.45) is 0 Å². The van der Waals surface area contributed by atoms with Gasteiger partial charge in [0, 0.05) is 55.3 Å². The van der Waals surface area contributed by atoms with Gasteiger partial charge in [-0.15, -0.1) is 0 Å². The standard InChI is InChI=1S/C23H27N3O3/c27-20(24-12-6-15-25-13-1-2-14-25)11-5-16-26-22(28)18-9-3-7-17-8-4-10-19(21(17)18)23(26)29/h3-4,7-10H,1-2,5-6,11-16H2,(H,24,27)/p+1. The molecule has 1 saturated heterocycles. The number of carbonyl (C=O) groups excluding carboxylic acids is 3. The molecule has 0 radical (unpaired) electrons. The Morgan fingerprint density at radius 1 is 0.966 bits per heavy atom. The van der Waals surface area contributed by atoms with Gasteiger partial charge in [-0.05, 0) is 23.9 Å². The molecule has 0 saturated carbocycles. The van der Waals surface area contributed by atoms with E-state index in [1.165, 1.54) is 30.8 Å². The van der Waals surface area contributed by atoms with Crippen LogP contribution in [0.25, 0.3) is 10.8 Å². The number of benzene rings is 2. The van der Waals surface area contributed by atoms with Crippen molar-refractivity contribution in [3.8, 4) is 0 Å². The Hall–Kier alpha value is -2.73. The average Bonchev–Trinajstić information content (AvgIpc) is 3.25. The summed E-state index contributed by atoms with van der Waals surface area (Å²) < 4.78 is 0. The topological polar surface area (TPSA) is 70.9 Å². The number of imide groups is 1. The van der Waals surface area contributed by atoms with Crippen molar-refractivity contribution < 1.29 is 19.3 Å². The van der Waals surface area contributed by atoms with Crippen LogP contribution in [-0.4, -0.2) is 55.3 Å². The smallest absolute Gasteiger partial charge is 0.261 e. The van der Waals surface area contributed by atoms with Crippen LogP contribution in [0.3, 0.4) is 0 Å². The summed E-state index contributed by atoms with van der Waals surface area (Å²) in [6.07, 6.45) is 4.41. The Bertz CT molecular complexity index is 883. The van der Waals surface area contributed by atoms with Crippen LogP contribution < -0.4 is 10.2 Å². The highest BCUT2D eigenvalue weighted by atomic mass is 16.2. The molecule has 3 amide bonds. The van der Waals surface area contributed by atoms with E-state index in [1.807, 2.05) is 24.3 Å². The quantitative estimate of drug-likeness (QED) is 0.525. The van der Waals surface area contributed by atoms with E-state index in [1.54, 1.807) is 17.0 Å². The zero-order valence-corrected chi connectivity index (χ0v) is 16.7. The molecule has 2 N–H and O–H groups in total. The summed E-state index contributed by atoms with van der Waals surface area (Å²) in [4.78, 5) is 40.7. The first-order valence-electron chi connectivity index (χ1n) is 10.6.